The van der Waals surface area contributed by atoms with Crippen LogP contribution in [-0.2, 0) is 13.0 Å². The Morgan fingerprint density at radius 1 is 1.35 bits per heavy atom. The lowest BCUT2D eigenvalue weighted by Crippen LogP contribution is -2.03. The monoisotopic (exact) mass is 332 g/mol. The summed E-state index contributed by atoms with van der Waals surface area (Å²) in [6, 6.07) is 7.82. The molecule has 2 heterocycles. The molecule has 20 heavy (non-hydrogen) atoms. The van der Waals surface area contributed by atoms with Gasteiger partial charge in [0.1, 0.15) is 12.4 Å². The molecule has 0 saturated heterocycles. The van der Waals surface area contributed by atoms with E-state index >= 15 is 0 Å². The maximum Gasteiger partial charge on any atom is 0.246 e. The molecule has 2 aromatic heterocycles. The summed E-state index contributed by atoms with van der Waals surface area (Å²) >= 11 is 3.44. The van der Waals surface area contributed by atoms with Crippen LogP contribution >= 0.6 is 15.9 Å². The Morgan fingerprint density at radius 2 is 2.25 bits per heavy atom. The van der Waals surface area contributed by atoms with Gasteiger partial charge in [0.2, 0.25) is 11.7 Å². The van der Waals surface area contributed by atoms with Gasteiger partial charge in [0.05, 0.1) is 0 Å². The first-order valence-electron chi connectivity index (χ1n) is 6.35. The van der Waals surface area contributed by atoms with Crippen molar-refractivity contribution in [2.24, 2.45) is 0 Å². The van der Waals surface area contributed by atoms with E-state index in [1.807, 2.05) is 35.0 Å². The summed E-state index contributed by atoms with van der Waals surface area (Å²) in [7, 11) is 0. The smallest absolute Gasteiger partial charge is 0.246 e. The third kappa shape index (κ3) is 2.65. The normalized spacial score (nSPS) is 10.9. The average Bonchev–Trinajstić information content (AvgIpc) is 3.08. The van der Waals surface area contributed by atoms with Gasteiger partial charge in [0, 0.05) is 28.9 Å². The summed E-state index contributed by atoms with van der Waals surface area (Å²) in [5, 5.41) is 4.02. The molecule has 1 aromatic carbocycles. The minimum atomic E-state index is 0.546. The number of rotatable bonds is 4. The van der Waals surface area contributed by atoms with Crippen molar-refractivity contribution < 1.29 is 4.52 Å². The molecule has 3 aromatic rings. The van der Waals surface area contributed by atoms with Crippen LogP contribution < -0.4 is 0 Å². The SMILES string of the molecule is CCc1nccn1Cc1nc(-c2cccc(Br)c2)no1. The molecule has 0 unspecified atom stereocenters. The van der Waals surface area contributed by atoms with E-state index in [2.05, 4.69) is 38.0 Å². The van der Waals surface area contributed by atoms with Crippen molar-refractivity contribution in [1.82, 2.24) is 19.7 Å². The van der Waals surface area contributed by atoms with Crippen molar-refractivity contribution in [2.75, 3.05) is 0 Å². The minimum absolute atomic E-state index is 0.546. The zero-order valence-corrected chi connectivity index (χ0v) is 12.5. The Kier molecular flexibility index (Phi) is 3.64. The minimum Gasteiger partial charge on any atom is -0.337 e. The van der Waals surface area contributed by atoms with Crippen molar-refractivity contribution >= 4 is 15.9 Å². The molecule has 0 saturated carbocycles. The van der Waals surface area contributed by atoms with Crippen LogP contribution in [0.3, 0.4) is 0 Å². The summed E-state index contributed by atoms with van der Waals surface area (Å²) in [5.41, 5.74) is 0.927. The van der Waals surface area contributed by atoms with Crippen LogP contribution in [0, 0.1) is 0 Å². The Morgan fingerprint density at radius 3 is 3.05 bits per heavy atom. The topological polar surface area (TPSA) is 56.7 Å². The van der Waals surface area contributed by atoms with Gasteiger partial charge in [-0.15, -0.1) is 0 Å². The molecule has 0 fully saturated rings. The molecular weight excluding hydrogens is 320 g/mol. The second-order valence-corrected chi connectivity index (χ2v) is 5.26. The van der Waals surface area contributed by atoms with Gasteiger partial charge < -0.3 is 9.09 Å². The van der Waals surface area contributed by atoms with Crippen molar-refractivity contribution in [3.05, 3.63) is 52.8 Å². The van der Waals surface area contributed by atoms with Gasteiger partial charge in [0.25, 0.3) is 0 Å². The second kappa shape index (κ2) is 5.58. The fourth-order valence-electron chi connectivity index (χ4n) is 2.01. The van der Waals surface area contributed by atoms with Gasteiger partial charge >= 0.3 is 0 Å². The highest BCUT2D eigenvalue weighted by Crippen LogP contribution is 2.20. The van der Waals surface area contributed by atoms with E-state index in [9.17, 15) is 0 Å². The van der Waals surface area contributed by atoms with Gasteiger partial charge in [-0.05, 0) is 12.1 Å². The van der Waals surface area contributed by atoms with Crippen LogP contribution in [0.1, 0.15) is 18.6 Å². The van der Waals surface area contributed by atoms with Crippen LogP contribution in [0.25, 0.3) is 11.4 Å². The Balaban J connectivity index is 1.84. The fraction of sp³-hybridized carbons (Fsp3) is 0.214. The number of benzene rings is 1. The maximum absolute atomic E-state index is 5.31. The van der Waals surface area contributed by atoms with E-state index < -0.39 is 0 Å². The summed E-state index contributed by atoms with van der Waals surface area (Å²) in [6.45, 7) is 2.61. The van der Waals surface area contributed by atoms with Crippen LogP contribution in [0.15, 0.2) is 45.7 Å². The molecule has 0 aliphatic carbocycles. The average molecular weight is 333 g/mol. The predicted octanol–water partition coefficient (Wildman–Crippen LogP) is 3.31. The van der Waals surface area contributed by atoms with Crippen LogP contribution in [-0.4, -0.2) is 19.7 Å². The quantitative estimate of drug-likeness (QED) is 0.735. The fourth-order valence-corrected chi connectivity index (χ4v) is 2.41. The number of nitrogens with zero attached hydrogens (tertiary/aromatic N) is 4. The first-order chi connectivity index (χ1) is 9.76. The largest absolute Gasteiger partial charge is 0.337 e. The molecule has 102 valence electrons. The third-order valence-corrected chi connectivity index (χ3v) is 3.47. The zero-order valence-electron chi connectivity index (χ0n) is 11.0. The molecule has 0 spiro atoms. The molecule has 0 radical (unpaired) electrons. The molecule has 5 nitrogen and oxygen atoms in total. The van der Waals surface area contributed by atoms with E-state index in [-0.39, 0.29) is 0 Å². The maximum atomic E-state index is 5.31. The van der Waals surface area contributed by atoms with Gasteiger partial charge in [-0.25, -0.2) is 4.98 Å². The van der Waals surface area contributed by atoms with Crippen LogP contribution in [0.5, 0.6) is 0 Å². The standard InChI is InChI=1S/C14H13BrN4O/c1-2-12-16-6-7-19(12)9-13-17-14(18-20-13)10-4-3-5-11(15)8-10/h3-8H,2,9H2,1H3. The number of hydrogen-bond acceptors (Lipinski definition) is 4. The highest BCUT2D eigenvalue weighted by atomic mass is 79.9. The van der Waals surface area contributed by atoms with E-state index in [0.29, 0.717) is 18.3 Å². The third-order valence-electron chi connectivity index (χ3n) is 2.97. The van der Waals surface area contributed by atoms with Gasteiger partial charge in [-0.1, -0.05) is 40.1 Å². The summed E-state index contributed by atoms with van der Waals surface area (Å²) in [5.74, 6) is 2.18. The molecule has 0 aliphatic rings. The molecule has 0 amide bonds. The number of aromatic nitrogens is 4. The predicted molar refractivity (Wildman–Crippen MR) is 78.1 cm³/mol. The Labute approximate surface area is 124 Å². The number of imidazole rings is 1. The number of hydrogen-bond donors (Lipinski definition) is 0. The van der Waals surface area contributed by atoms with Crippen molar-refractivity contribution in [1.29, 1.82) is 0 Å². The Hall–Kier alpha value is -1.95. The molecule has 0 bridgehead atoms. The second-order valence-electron chi connectivity index (χ2n) is 4.35. The lowest BCUT2D eigenvalue weighted by molar-refractivity contribution is 0.370. The van der Waals surface area contributed by atoms with Crippen molar-refractivity contribution in [2.45, 2.75) is 19.9 Å². The first-order valence-corrected chi connectivity index (χ1v) is 7.14. The van der Waals surface area contributed by atoms with Gasteiger partial charge in [-0.3, -0.25) is 0 Å². The number of aryl methyl sites for hydroxylation is 1. The zero-order chi connectivity index (χ0) is 13.9. The van der Waals surface area contributed by atoms with E-state index in [1.165, 1.54) is 0 Å². The Bertz CT molecular complexity index is 719. The van der Waals surface area contributed by atoms with E-state index in [0.717, 1.165) is 22.3 Å². The number of halogens is 1. The van der Waals surface area contributed by atoms with Crippen LogP contribution in [0.4, 0.5) is 0 Å². The first kappa shape index (κ1) is 13.1. The summed E-state index contributed by atoms with van der Waals surface area (Å²) in [4.78, 5) is 8.70. The van der Waals surface area contributed by atoms with Crippen molar-refractivity contribution in [3.63, 3.8) is 0 Å². The molecule has 6 heteroatoms. The summed E-state index contributed by atoms with van der Waals surface area (Å²) in [6.07, 6.45) is 4.58. The summed E-state index contributed by atoms with van der Waals surface area (Å²) < 4.78 is 8.31. The lowest BCUT2D eigenvalue weighted by Gasteiger charge is -2.01. The molecule has 0 atom stereocenters. The van der Waals surface area contributed by atoms with E-state index in [4.69, 9.17) is 4.52 Å². The van der Waals surface area contributed by atoms with Crippen molar-refractivity contribution in [3.8, 4) is 11.4 Å². The lowest BCUT2D eigenvalue weighted by atomic mass is 10.2. The van der Waals surface area contributed by atoms with Crippen LogP contribution in [0.2, 0.25) is 0 Å². The van der Waals surface area contributed by atoms with E-state index in [1.54, 1.807) is 6.20 Å². The highest BCUT2D eigenvalue weighted by molar-refractivity contribution is 9.10. The molecule has 0 aliphatic heterocycles. The highest BCUT2D eigenvalue weighted by Gasteiger charge is 2.10. The molecular formula is C14H13BrN4O. The molecule has 0 N–H and O–H groups in total. The van der Waals surface area contributed by atoms with Gasteiger partial charge in [-0.2, -0.15) is 4.98 Å². The molecule has 3 rings (SSSR count). The van der Waals surface area contributed by atoms with Gasteiger partial charge in [0.15, 0.2) is 0 Å².